The SMILES string of the molecule is CC(C)(C)NC[C@H]1O[C@@H](n2cnc3c(N)ncnc32)[C@H](O)[C@@H]1O.Nc1ncnc2c1ncn2[C@@H]1C[C@H](CCl)[C@@H](O)[C@H]1O. The molecule has 2 aliphatic rings. The van der Waals surface area contributed by atoms with Crippen LogP contribution in [0, 0.1) is 5.92 Å². The third-order valence-electron chi connectivity index (χ3n) is 7.55. The van der Waals surface area contributed by atoms with Crippen LogP contribution in [0.2, 0.25) is 0 Å². The summed E-state index contributed by atoms with van der Waals surface area (Å²) >= 11 is 5.80. The number of nitrogens with zero attached hydrogens (tertiary/aromatic N) is 8. The van der Waals surface area contributed by atoms with E-state index < -0.39 is 36.7 Å². The lowest BCUT2D eigenvalue weighted by atomic mass is 10.1. The molecule has 228 valence electrons. The zero-order valence-electron chi connectivity index (χ0n) is 23.4. The van der Waals surface area contributed by atoms with Crippen LogP contribution in [0.4, 0.5) is 11.6 Å². The Labute approximate surface area is 245 Å². The smallest absolute Gasteiger partial charge is 0.167 e. The van der Waals surface area contributed by atoms with Gasteiger partial charge in [0.15, 0.2) is 29.2 Å². The lowest BCUT2D eigenvalue weighted by molar-refractivity contribution is -0.0353. The van der Waals surface area contributed by atoms with Gasteiger partial charge in [-0.2, -0.15) is 0 Å². The van der Waals surface area contributed by atoms with E-state index in [1.807, 2.05) is 20.8 Å². The van der Waals surface area contributed by atoms with Gasteiger partial charge in [-0.1, -0.05) is 0 Å². The molecule has 1 saturated heterocycles. The number of nitrogens with two attached hydrogens (primary N) is 2. The van der Waals surface area contributed by atoms with E-state index in [1.165, 1.54) is 19.0 Å². The quantitative estimate of drug-likeness (QED) is 0.140. The minimum atomic E-state index is -1.09. The van der Waals surface area contributed by atoms with Gasteiger partial charge in [0.05, 0.1) is 24.8 Å². The Bertz CT molecular complexity index is 1530. The summed E-state index contributed by atoms with van der Waals surface area (Å²) in [4.78, 5) is 24.3. The number of ether oxygens (including phenoxy) is 1. The summed E-state index contributed by atoms with van der Waals surface area (Å²) in [6, 6.07) is -0.307. The van der Waals surface area contributed by atoms with Crippen LogP contribution < -0.4 is 16.8 Å². The van der Waals surface area contributed by atoms with E-state index in [-0.39, 0.29) is 23.3 Å². The summed E-state index contributed by atoms with van der Waals surface area (Å²) in [6.45, 7) is 6.48. The molecule has 0 unspecified atom stereocenters. The van der Waals surface area contributed by atoms with Crippen LogP contribution in [0.25, 0.3) is 22.3 Å². The first-order valence-electron chi connectivity index (χ1n) is 13.5. The van der Waals surface area contributed by atoms with Crippen LogP contribution in [0.5, 0.6) is 0 Å². The number of nitrogen functional groups attached to an aromatic ring is 2. The zero-order chi connectivity index (χ0) is 30.3. The fraction of sp³-hybridized carbons (Fsp3) is 0.600. The molecule has 17 heteroatoms. The van der Waals surface area contributed by atoms with Gasteiger partial charge in [0.1, 0.15) is 48.1 Å². The van der Waals surface area contributed by atoms with Gasteiger partial charge in [-0.3, -0.25) is 4.57 Å². The normalized spacial score (nSPS) is 29.7. The number of aromatic nitrogens is 8. The number of imidazole rings is 2. The number of alkyl halides is 1. The summed E-state index contributed by atoms with van der Waals surface area (Å²) < 4.78 is 9.13. The van der Waals surface area contributed by atoms with E-state index in [0.717, 1.165) is 0 Å². The lowest BCUT2D eigenvalue weighted by Gasteiger charge is -2.24. The minimum Gasteiger partial charge on any atom is -0.390 e. The van der Waals surface area contributed by atoms with Gasteiger partial charge in [0, 0.05) is 23.9 Å². The predicted octanol–water partition coefficient (Wildman–Crippen LogP) is -0.654. The number of nitrogens with one attached hydrogen (secondary N) is 1. The van der Waals surface area contributed by atoms with Crippen molar-refractivity contribution in [3.63, 3.8) is 0 Å². The number of rotatable bonds is 5. The number of anilines is 2. The van der Waals surface area contributed by atoms with Crippen molar-refractivity contribution in [1.29, 1.82) is 0 Å². The van der Waals surface area contributed by atoms with Crippen molar-refractivity contribution in [3.05, 3.63) is 25.3 Å². The van der Waals surface area contributed by atoms with E-state index in [4.69, 9.17) is 27.8 Å². The van der Waals surface area contributed by atoms with Gasteiger partial charge < -0.3 is 46.5 Å². The van der Waals surface area contributed by atoms with Crippen molar-refractivity contribution in [3.8, 4) is 0 Å². The molecule has 1 saturated carbocycles. The van der Waals surface area contributed by atoms with Crippen molar-refractivity contribution in [2.24, 2.45) is 5.92 Å². The highest BCUT2D eigenvalue weighted by molar-refractivity contribution is 6.18. The van der Waals surface area contributed by atoms with Gasteiger partial charge in [0.25, 0.3) is 0 Å². The highest BCUT2D eigenvalue weighted by atomic mass is 35.5. The highest BCUT2D eigenvalue weighted by Crippen LogP contribution is 2.37. The van der Waals surface area contributed by atoms with E-state index >= 15 is 0 Å². The lowest BCUT2D eigenvalue weighted by Crippen LogP contribution is -2.44. The summed E-state index contributed by atoms with van der Waals surface area (Å²) in [5, 5.41) is 43.9. The molecule has 6 rings (SSSR count). The van der Waals surface area contributed by atoms with E-state index in [2.05, 4.69) is 35.2 Å². The van der Waals surface area contributed by atoms with Crippen LogP contribution >= 0.6 is 11.6 Å². The molecule has 9 N–H and O–H groups in total. The maximum atomic E-state index is 10.3. The van der Waals surface area contributed by atoms with Gasteiger partial charge in [-0.05, 0) is 27.2 Å². The first-order chi connectivity index (χ1) is 19.9. The summed E-state index contributed by atoms with van der Waals surface area (Å²) in [6.07, 6.45) is 1.16. The molecular formula is C25H36ClN11O5. The van der Waals surface area contributed by atoms with E-state index in [9.17, 15) is 20.4 Å². The van der Waals surface area contributed by atoms with Gasteiger partial charge in [-0.15, -0.1) is 11.6 Å². The van der Waals surface area contributed by atoms with Crippen LogP contribution in [0.1, 0.15) is 39.5 Å². The third-order valence-corrected chi connectivity index (χ3v) is 7.94. The fourth-order valence-electron chi connectivity index (χ4n) is 5.23. The minimum absolute atomic E-state index is 0.116. The fourth-order valence-corrected chi connectivity index (χ4v) is 5.54. The molecule has 0 bridgehead atoms. The van der Waals surface area contributed by atoms with Crippen LogP contribution in [0.15, 0.2) is 25.3 Å². The summed E-state index contributed by atoms with van der Waals surface area (Å²) in [5.41, 5.74) is 13.3. The zero-order valence-corrected chi connectivity index (χ0v) is 24.1. The molecule has 0 radical (unpaired) electrons. The molecule has 0 amide bonds. The number of halogens is 1. The highest BCUT2D eigenvalue weighted by Gasteiger charge is 2.45. The molecule has 42 heavy (non-hydrogen) atoms. The van der Waals surface area contributed by atoms with Crippen molar-refractivity contribution in [1.82, 2.24) is 44.4 Å². The maximum Gasteiger partial charge on any atom is 0.167 e. The monoisotopic (exact) mass is 605 g/mol. The van der Waals surface area contributed by atoms with Crippen molar-refractivity contribution in [2.45, 2.75) is 75.5 Å². The number of hydrogen-bond acceptors (Lipinski definition) is 14. The average molecular weight is 606 g/mol. The molecule has 4 aromatic heterocycles. The number of aliphatic hydroxyl groups excluding tert-OH is 4. The second-order valence-electron chi connectivity index (χ2n) is 11.5. The first-order valence-corrected chi connectivity index (χ1v) is 14.0. The summed E-state index contributed by atoms with van der Waals surface area (Å²) in [5.74, 6) is 0.718. The van der Waals surface area contributed by atoms with Crippen LogP contribution in [-0.2, 0) is 4.74 Å². The Morgan fingerprint density at radius 1 is 0.857 bits per heavy atom. The number of aliphatic hydroxyl groups is 4. The third kappa shape index (κ3) is 5.70. The molecule has 1 aliphatic carbocycles. The number of hydrogen-bond donors (Lipinski definition) is 7. The molecule has 2 fully saturated rings. The van der Waals surface area contributed by atoms with Crippen molar-refractivity contribution < 1.29 is 25.2 Å². The Balaban J connectivity index is 0.000000171. The standard InChI is InChI=1S/C14H22N6O3.C11H14ClN5O2/c1-14(2,3)19-4-7-9(21)10(22)13(23-7)20-6-18-8-11(15)16-5-17-12(8)20;12-2-5-1-6(9(19)8(5)18)17-4-16-7-10(13)14-3-15-11(7)17/h5-7,9-10,13,19,21-22H,4H2,1-3H3,(H2,15,16,17);3-6,8-9,18-19H,1-2H2,(H2,13,14,15)/t7-,9-,10-,13-;5-,6-,8-,9+/m11/s1. The van der Waals surface area contributed by atoms with E-state index in [0.29, 0.717) is 47.0 Å². The molecule has 4 aromatic rings. The second kappa shape index (κ2) is 11.8. The molecule has 8 atom stereocenters. The van der Waals surface area contributed by atoms with Crippen molar-refractivity contribution >= 4 is 45.6 Å². The molecule has 0 spiro atoms. The Morgan fingerprint density at radius 3 is 1.98 bits per heavy atom. The first kappa shape index (κ1) is 30.2. The van der Waals surface area contributed by atoms with Gasteiger partial charge in [-0.25, -0.2) is 29.9 Å². The number of fused-ring (bicyclic) bond motifs is 2. The molecule has 1 aliphatic heterocycles. The Kier molecular flexibility index (Phi) is 8.48. The van der Waals surface area contributed by atoms with E-state index in [1.54, 1.807) is 15.5 Å². The maximum absolute atomic E-state index is 10.3. The van der Waals surface area contributed by atoms with Gasteiger partial charge >= 0.3 is 0 Å². The molecule has 0 aromatic carbocycles. The molecular weight excluding hydrogens is 570 g/mol. The van der Waals surface area contributed by atoms with Gasteiger partial charge in [0.2, 0.25) is 0 Å². The second-order valence-corrected chi connectivity index (χ2v) is 11.9. The largest absolute Gasteiger partial charge is 0.390 e. The average Bonchev–Trinajstić information content (AvgIpc) is 3.70. The summed E-state index contributed by atoms with van der Waals surface area (Å²) in [7, 11) is 0. The van der Waals surface area contributed by atoms with Crippen molar-refractivity contribution in [2.75, 3.05) is 23.9 Å². The molecule has 5 heterocycles. The topological polar surface area (TPSA) is 241 Å². The van der Waals surface area contributed by atoms with Crippen LogP contribution in [0.3, 0.4) is 0 Å². The predicted molar refractivity (Wildman–Crippen MR) is 153 cm³/mol. The Hall–Kier alpha value is -3.25. The Morgan fingerprint density at radius 2 is 1.43 bits per heavy atom. The molecule has 16 nitrogen and oxygen atoms in total. The van der Waals surface area contributed by atoms with Crippen LogP contribution in [-0.4, -0.2) is 108 Å².